The Hall–Kier alpha value is -3.61. The van der Waals surface area contributed by atoms with Crippen molar-refractivity contribution in [2.24, 2.45) is 7.05 Å². The zero-order valence-corrected chi connectivity index (χ0v) is 15.3. The molecule has 2 N–H and O–H groups in total. The minimum atomic E-state index is -0.160. The molecule has 2 aromatic heterocycles. The van der Waals surface area contributed by atoms with Gasteiger partial charge in [0.25, 0.3) is 0 Å². The van der Waals surface area contributed by atoms with Crippen molar-refractivity contribution in [2.45, 2.75) is 6.92 Å². The van der Waals surface area contributed by atoms with Crippen LogP contribution in [0.15, 0.2) is 55.7 Å². The fraction of sp³-hybridized carbons (Fsp3) is 0.150. The Morgan fingerprint density at radius 3 is 3.07 bits per heavy atom. The number of nitrogens with one attached hydrogen (secondary N) is 2. The summed E-state index contributed by atoms with van der Waals surface area (Å²) >= 11 is 0. The van der Waals surface area contributed by atoms with E-state index < -0.39 is 0 Å². The number of nitrogens with zero attached hydrogens (tertiary/aromatic N) is 3. The summed E-state index contributed by atoms with van der Waals surface area (Å²) in [6.07, 6.45) is 10.5. The van der Waals surface area contributed by atoms with Gasteiger partial charge in [0, 0.05) is 31.3 Å². The highest BCUT2D eigenvalue weighted by Crippen LogP contribution is 2.24. The predicted octanol–water partition coefficient (Wildman–Crippen LogP) is 3.05. The van der Waals surface area contributed by atoms with Crippen LogP contribution in [0.1, 0.15) is 18.1 Å². The summed E-state index contributed by atoms with van der Waals surface area (Å²) in [6, 6.07) is 6.05. The van der Waals surface area contributed by atoms with Crippen molar-refractivity contribution in [3.05, 3.63) is 66.8 Å². The van der Waals surface area contributed by atoms with Crippen molar-refractivity contribution in [3.8, 4) is 5.88 Å². The van der Waals surface area contributed by atoms with Crippen LogP contribution in [0, 0.1) is 0 Å². The minimum absolute atomic E-state index is 0.160. The Morgan fingerprint density at radius 1 is 1.44 bits per heavy atom. The van der Waals surface area contributed by atoms with Crippen molar-refractivity contribution < 1.29 is 9.53 Å². The van der Waals surface area contributed by atoms with Gasteiger partial charge < -0.3 is 14.6 Å². The first-order valence-electron chi connectivity index (χ1n) is 8.43. The molecule has 7 nitrogen and oxygen atoms in total. The third kappa shape index (κ3) is 4.14. The maximum absolute atomic E-state index is 11.1. The van der Waals surface area contributed by atoms with Gasteiger partial charge in [-0.1, -0.05) is 30.9 Å². The Bertz CT molecular complexity index is 1030. The molecule has 0 radical (unpaired) electrons. The average Bonchev–Trinajstić information content (AvgIpc) is 3.27. The van der Waals surface area contributed by atoms with Crippen molar-refractivity contribution in [3.63, 3.8) is 0 Å². The monoisotopic (exact) mass is 363 g/mol. The fourth-order valence-corrected chi connectivity index (χ4v) is 2.64. The number of benzene rings is 1. The van der Waals surface area contributed by atoms with Gasteiger partial charge in [0.1, 0.15) is 6.61 Å². The third-order valence-corrected chi connectivity index (χ3v) is 3.97. The molecule has 0 bridgehead atoms. The summed E-state index contributed by atoms with van der Waals surface area (Å²) in [4.78, 5) is 15.5. The van der Waals surface area contributed by atoms with E-state index in [1.165, 1.54) is 6.92 Å². The van der Waals surface area contributed by atoms with Crippen LogP contribution < -0.4 is 10.1 Å². The Kier molecular flexibility index (Phi) is 5.51. The van der Waals surface area contributed by atoms with Crippen LogP contribution in [0.2, 0.25) is 0 Å². The van der Waals surface area contributed by atoms with Crippen molar-refractivity contribution >= 4 is 28.6 Å². The highest BCUT2D eigenvalue weighted by atomic mass is 16.5. The number of amides is 1. The van der Waals surface area contributed by atoms with Crippen LogP contribution in [-0.2, 0) is 11.8 Å². The summed E-state index contributed by atoms with van der Waals surface area (Å²) < 4.78 is 7.76. The molecular weight excluding hydrogens is 342 g/mol. The van der Waals surface area contributed by atoms with Gasteiger partial charge in [-0.3, -0.25) is 4.79 Å². The van der Waals surface area contributed by atoms with Gasteiger partial charge in [0.15, 0.2) is 0 Å². The lowest BCUT2D eigenvalue weighted by Crippen LogP contribution is -2.12. The van der Waals surface area contributed by atoms with Gasteiger partial charge in [-0.15, -0.1) is 0 Å². The highest BCUT2D eigenvalue weighted by Gasteiger charge is 2.09. The number of carbonyl (C=O) groups is 1. The number of allylic oxidation sites excluding steroid dienone is 2. The van der Waals surface area contributed by atoms with Gasteiger partial charge in [-0.2, -0.15) is 5.10 Å². The molecule has 0 spiro atoms. The molecular formula is C20H21N5O2. The molecule has 0 unspecified atom stereocenters. The second-order valence-corrected chi connectivity index (χ2v) is 5.90. The standard InChI is InChI=1S/C20H21N5O2/c1-4-15(11-21-14(2)26)17-12-23-24-20(17)27-10-6-8-16-7-5-9-18-19(16)22-13-25(18)3/h4-9,11-13H,1,10H2,2-3H3,(H,21,26)(H,23,24)/b8-6+,15-11+. The van der Waals surface area contributed by atoms with Gasteiger partial charge in [-0.25, -0.2) is 10.1 Å². The van der Waals surface area contributed by atoms with Gasteiger partial charge in [-0.05, 0) is 12.1 Å². The zero-order chi connectivity index (χ0) is 19.2. The lowest BCUT2D eigenvalue weighted by atomic mass is 10.1. The van der Waals surface area contributed by atoms with E-state index in [2.05, 4.69) is 27.1 Å². The first-order valence-corrected chi connectivity index (χ1v) is 8.43. The van der Waals surface area contributed by atoms with Crippen LogP contribution in [-0.4, -0.2) is 32.3 Å². The molecule has 0 atom stereocenters. The topological polar surface area (TPSA) is 84.8 Å². The summed E-state index contributed by atoms with van der Waals surface area (Å²) in [7, 11) is 1.97. The van der Waals surface area contributed by atoms with Gasteiger partial charge in [0.2, 0.25) is 11.8 Å². The highest BCUT2D eigenvalue weighted by molar-refractivity contribution is 5.85. The quantitative estimate of drug-likeness (QED) is 0.632. The molecule has 1 aromatic carbocycles. The average molecular weight is 363 g/mol. The second kappa shape index (κ2) is 8.18. The molecule has 0 saturated heterocycles. The van der Waals surface area contributed by atoms with Crippen LogP contribution >= 0.6 is 0 Å². The second-order valence-electron chi connectivity index (χ2n) is 5.90. The number of imidazole rings is 1. The summed E-state index contributed by atoms with van der Waals surface area (Å²) in [5, 5.41) is 9.45. The lowest BCUT2D eigenvalue weighted by Gasteiger charge is -2.05. The molecule has 0 aliphatic rings. The number of rotatable bonds is 7. The van der Waals surface area contributed by atoms with E-state index >= 15 is 0 Å². The summed E-state index contributed by atoms with van der Waals surface area (Å²) in [6.45, 7) is 5.55. The Morgan fingerprint density at radius 2 is 2.30 bits per heavy atom. The largest absolute Gasteiger partial charge is 0.473 e. The van der Waals surface area contributed by atoms with E-state index in [-0.39, 0.29) is 5.91 Å². The van der Waals surface area contributed by atoms with E-state index in [0.29, 0.717) is 18.1 Å². The smallest absolute Gasteiger partial charge is 0.220 e. The maximum Gasteiger partial charge on any atom is 0.220 e. The van der Waals surface area contributed by atoms with E-state index in [9.17, 15) is 4.79 Å². The number of aromatic nitrogens is 4. The number of fused-ring (bicyclic) bond motifs is 1. The van der Waals surface area contributed by atoms with Gasteiger partial charge in [0.05, 0.1) is 29.1 Å². The Balaban J connectivity index is 1.70. The zero-order valence-electron chi connectivity index (χ0n) is 15.3. The van der Waals surface area contributed by atoms with Crippen molar-refractivity contribution in [2.75, 3.05) is 6.61 Å². The van der Waals surface area contributed by atoms with Crippen LogP contribution in [0.5, 0.6) is 5.88 Å². The molecule has 7 heteroatoms. The number of para-hydroxylation sites is 1. The van der Waals surface area contributed by atoms with Crippen LogP contribution in [0.3, 0.4) is 0 Å². The summed E-state index contributed by atoms with van der Waals surface area (Å²) in [5.74, 6) is 0.346. The first kappa shape index (κ1) is 18.2. The molecule has 2 heterocycles. The first-order chi connectivity index (χ1) is 13.1. The Labute approximate surface area is 157 Å². The molecule has 0 fully saturated rings. The molecule has 3 aromatic rings. The molecule has 27 heavy (non-hydrogen) atoms. The van der Waals surface area contributed by atoms with E-state index in [4.69, 9.17) is 4.74 Å². The SMILES string of the molecule is C=C/C(=C\NC(C)=O)c1cn[nH]c1OC/C=C/c1cccc2c1ncn2C. The minimum Gasteiger partial charge on any atom is -0.473 e. The summed E-state index contributed by atoms with van der Waals surface area (Å²) in [5.41, 5.74) is 4.48. The third-order valence-electron chi connectivity index (χ3n) is 3.97. The van der Waals surface area contributed by atoms with Crippen LogP contribution in [0.4, 0.5) is 0 Å². The molecule has 0 aliphatic carbocycles. The number of H-pyrrole nitrogens is 1. The fourth-order valence-electron chi connectivity index (χ4n) is 2.64. The van der Waals surface area contributed by atoms with Gasteiger partial charge >= 0.3 is 0 Å². The predicted molar refractivity (Wildman–Crippen MR) is 106 cm³/mol. The van der Waals surface area contributed by atoms with E-state index in [0.717, 1.165) is 22.2 Å². The molecule has 1 amide bonds. The molecule has 138 valence electrons. The van der Waals surface area contributed by atoms with E-state index in [1.807, 2.05) is 42.0 Å². The van der Waals surface area contributed by atoms with Crippen molar-refractivity contribution in [1.29, 1.82) is 0 Å². The lowest BCUT2D eigenvalue weighted by molar-refractivity contribution is -0.118. The number of ether oxygens (including phenoxy) is 1. The molecule has 0 saturated carbocycles. The molecule has 0 aliphatic heterocycles. The molecule has 3 rings (SSSR count). The number of carbonyl (C=O) groups excluding carboxylic acids is 1. The van der Waals surface area contributed by atoms with Crippen molar-refractivity contribution in [1.82, 2.24) is 25.1 Å². The normalized spacial score (nSPS) is 11.9. The number of aryl methyl sites for hydroxylation is 1. The maximum atomic E-state index is 11.1. The van der Waals surface area contributed by atoms with Crippen LogP contribution in [0.25, 0.3) is 22.7 Å². The number of aromatic amines is 1. The number of hydrogen-bond donors (Lipinski definition) is 2. The number of hydrogen-bond acceptors (Lipinski definition) is 4. The van der Waals surface area contributed by atoms with E-state index in [1.54, 1.807) is 24.8 Å².